The van der Waals surface area contributed by atoms with Crippen LogP contribution in [-0.2, 0) is 4.79 Å². The van der Waals surface area contributed by atoms with Crippen LogP contribution < -0.4 is 4.90 Å². The van der Waals surface area contributed by atoms with E-state index in [1.807, 2.05) is 0 Å². The maximum absolute atomic E-state index is 13.1. The van der Waals surface area contributed by atoms with Gasteiger partial charge in [0.1, 0.15) is 11.9 Å². The molecule has 0 saturated carbocycles. The van der Waals surface area contributed by atoms with E-state index in [0.29, 0.717) is 29.4 Å². The van der Waals surface area contributed by atoms with E-state index in [1.54, 1.807) is 36.1 Å². The van der Waals surface area contributed by atoms with E-state index in [1.165, 1.54) is 23.1 Å². The van der Waals surface area contributed by atoms with Gasteiger partial charge in [-0.2, -0.15) is 0 Å². The normalized spacial score (nSPS) is 17.8. The van der Waals surface area contributed by atoms with Crippen LogP contribution in [0.4, 0.5) is 10.1 Å². The van der Waals surface area contributed by atoms with Crippen LogP contribution in [-0.4, -0.2) is 35.8 Å². The summed E-state index contributed by atoms with van der Waals surface area (Å²) >= 11 is 11.8. The molecule has 7 heteroatoms. The second-order valence-corrected chi connectivity index (χ2v) is 6.58. The number of halogens is 3. The standard InChI is InChI=1S/C18H15Cl2FN2O2/c1-11-17(24)23(14-5-3-13(21)4-6-14)9-8-22(11)18(25)12-2-7-15(19)16(20)10-12/h2-7,10-11H,8-9H2,1H3/t11-/m1/s1. The molecular formula is C18H15Cl2FN2O2. The fourth-order valence-corrected chi connectivity index (χ4v) is 3.12. The Morgan fingerprint density at radius 3 is 2.40 bits per heavy atom. The average Bonchev–Trinajstić information content (AvgIpc) is 2.60. The number of anilines is 1. The third-order valence-electron chi connectivity index (χ3n) is 4.22. The number of carbonyl (C=O) groups excluding carboxylic acids is 2. The number of amides is 2. The number of benzene rings is 2. The van der Waals surface area contributed by atoms with Crippen molar-refractivity contribution in [1.29, 1.82) is 0 Å². The van der Waals surface area contributed by atoms with Crippen molar-refractivity contribution in [2.45, 2.75) is 13.0 Å². The van der Waals surface area contributed by atoms with Gasteiger partial charge >= 0.3 is 0 Å². The van der Waals surface area contributed by atoms with E-state index in [2.05, 4.69) is 0 Å². The molecule has 0 aromatic heterocycles. The molecule has 1 saturated heterocycles. The van der Waals surface area contributed by atoms with Gasteiger partial charge < -0.3 is 9.80 Å². The van der Waals surface area contributed by atoms with Crippen molar-refractivity contribution in [3.05, 3.63) is 63.9 Å². The maximum Gasteiger partial charge on any atom is 0.254 e. The van der Waals surface area contributed by atoms with Crippen LogP contribution in [0, 0.1) is 5.82 Å². The molecule has 2 amide bonds. The molecule has 4 nitrogen and oxygen atoms in total. The van der Waals surface area contributed by atoms with E-state index in [9.17, 15) is 14.0 Å². The highest BCUT2D eigenvalue weighted by atomic mass is 35.5. The summed E-state index contributed by atoms with van der Waals surface area (Å²) in [6.45, 7) is 2.37. The fraction of sp³-hybridized carbons (Fsp3) is 0.222. The molecule has 1 aliphatic heterocycles. The van der Waals surface area contributed by atoms with Crippen molar-refractivity contribution in [2.75, 3.05) is 18.0 Å². The van der Waals surface area contributed by atoms with E-state index in [-0.39, 0.29) is 22.7 Å². The molecule has 0 spiro atoms. The minimum atomic E-state index is -0.638. The lowest BCUT2D eigenvalue weighted by molar-refractivity contribution is -0.124. The van der Waals surface area contributed by atoms with E-state index < -0.39 is 6.04 Å². The lowest BCUT2D eigenvalue weighted by Crippen LogP contribution is -2.57. The van der Waals surface area contributed by atoms with Crippen LogP contribution in [0.25, 0.3) is 0 Å². The van der Waals surface area contributed by atoms with Gasteiger partial charge in [0.2, 0.25) is 5.91 Å². The smallest absolute Gasteiger partial charge is 0.254 e. The molecule has 25 heavy (non-hydrogen) atoms. The van der Waals surface area contributed by atoms with Gasteiger partial charge in [0.15, 0.2) is 0 Å². The van der Waals surface area contributed by atoms with E-state index >= 15 is 0 Å². The zero-order valence-corrected chi connectivity index (χ0v) is 14.9. The molecule has 0 unspecified atom stereocenters. The highest BCUT2D eigenvalue weighted by molar-refractivity contribution is 6.42. The number of hydrogen-bond donors (Lipinski definition) is 0. The Hall–Kier alpha value is -2.11. The Balaban J connectivity index is 1.80. The van der Waals surface area contributed by atoms with Crippen LogP contribution >= 0.6 is 23.2 Å². The summed E-state index contributed by atoms with van der Waals surface area (Å²) in [6.07, 6.45) is 0. The Morgan fingerprint density at radius 1 is 1.08 bits per heavy atom. The summed E-state index contributed by atoms with van der Waals surface area (Å²) < 4.78 is 13.1. The maximum atomic E-state index is 13.1. The first-order valence-corrected chi connectivity index (χ1v) is 8.47. The first kappa shape index (κ1) is 17.7. The molecule has 0 bridgehead atoms. The predicted molar refractivity (Wildman–Crippen MR) is 95.7 cm³/mol. The quantitative estimate of drug-likeness (QED) is 0.789. The van der Waals surface area contributed by atoms with Gasteiger partial charge in [-0.15, -0.1) is 0 Å². The summed E-state index contributed by atoms with van der Waals surface area (Å²) in [5.74, 6) is -0.859. The summed E-state index contributed by atoms with van der Waals surface area (Å²) in [5, 5.41) is 0.653. The van der Waals surface area contributed by atoms with Crippen molar-refractivity contribution in [2.24, 2.45) is 0 Å². The van der Waals surface area contributed by atoms with Gasteiger partial charge in [-0.05, 0) is 49.4 Å². The zero-order chi connectivity index (χ0) is 18.1. The molecule has 2 aromatic rings. The highest BCUT2D eigenvalue weighted by Gasteiger charge is 2.35. The monoisotopic (exact) mass is 380 g/mol. The number of hydrogen-bond acceptors (Lipinski definition) is 2. The summed E-state index contributed by atoms with van der Waals surface area (Å²) in [5.41, 5.74) is 0.990. The average molecular weight is 381 g/mol. The molecule has 1 fully saturated rings. The lowest BCUT2D eigenvalue weighted by Gasteiger charge is -2.39. The molecular weight excluding hydrogens is 366 g/mol. The zero-order valence-electron chi connectivity index (χ0n) is 13.4. The van der Waals surface area contributed by atoms with Gasteiger partial charge in [-0.1, -0.05) is 23.2 Å². The number of carbonyl (C=O) groups is 2. The highest BCUT2D eigenvalue weighted by Crippen LogP contribution is 2.25. The molecule has 0 aliphatic carbocycles. The van der Waals surface area contributed by atoms with Crippen LogP contribution in [0.1, 0.15) is 17.3 Å². The Morgan fingerprint density at radius 2 is 1.76 bits per heavy atom. The SMILES string of the molecule is C[C@@H]1C(=O)N(c2ccc(F)cc2)CCN1C(=O)c1ccc(Cl)c(Cl)c1. The van der Waals surface area contributed by atoms with Crippen LogP contribution in [0.2, 0.25) is 10.0 Å². The second kappa shape index (κ2) is 7.02. The molecule has 1 atom stereocenters. The Labute approximate surface area is 154 Å². The number of nitrogens with zero attached hydrogens (tertiary/aromatic N) is 2. The predicted octanol–water partition coefficient (Wildman–Crippen LogP) is 4.01. The molecule has 2 aromatic carbocycles. The molecule has 1 heterocycles. The molecule has 0 N–H and O–H groups in total. The van der Waals surface area contributed by atoms with Crippen molar-refractivity contribution in [1.82, 2.24) is 4.90 Å². The molecule has 130 valence electrons. The fourth-order valence-electron chi connectivity index (χ4n) is 2.82. The third-order valence-corrected chi connectivity index (χ3v) is 4.96. The summed E-state index contributed by atoms with van der Waals surface area (Å²) in [7, 11) is 0. The first-order chi connectivity index (χ1) is 11.9. The Bertz CT molecular complexity index is 826. The topological polar surface area (TPSA) is 40.6 Å². The van der Waals surface area contributed by atoms with E-state index in [4.69, 9.17) is 23.2 Å². The Kier molecular flexibility index (Phi) is 4.97. The van der Waals surface area contributed by atoms with Crippen molar-refractivity contribution < 1.29 is 14.0 Å². The van der Waals surface area contributed by atoms with Crippen LogP contribution in [0.3, 0.4) is 0 Å². The minimum absolute atomic E-state index is 0.216. The molecule has 3 rings (SSSR count). The van der Waals surface area contributed by atoms with Crippen LogP contribution in [0.15, 0.2) is 42.5 Å². The first-order valence-electron chi connectivity index (χ1n) is 7.71. The van der Waals surface area contributed by atoms with Gasteiger partial charge in [0, 0.05) is 24.3 Å². The van der Waals surface area contributed by atoms with Crippen molar-refractivity contribution >= 4 is 40.7 Å². The van der Waals surface area contributed by atoms with Gasteiger partial charge in [-0.3, -0.25) is 9.59 Å². The third kappa shape index (κ3) is 3.48. The summed E-state index contributed by atoms with van der Waals surface area (Å²) in [4.78, 5) is 28.4. The minimum Gasteiger partial charge on any atom is -0.325 e. The van der Waals surface area contributed by atoms with E-state index in [0.717, 1.165) is 0 Å². The van der Waals surface area contributed by atoms with Gasteiger partial charge in [0.25, 0.3) is 5.91 Å². The molecule has 0 radical (unpaired) electrons. The second-order valence-electron chi connectivity index (χ2n) is 5.77. The number of rotatable bonds is 2. The van der Waals surface area contributed by atoms with Gasteiger partial charge in [-0.25, -0.2) is 4.39 Å². The number of piperazine rings is 1. The lowest BCUT2D eigenvalue weighted by atomic mass is 10.1. The van der Waals surface area contributed by atoms with Crippen LogP contribution in [0.5, 0.6) is 0 Å². The summed E-state index contributed by atoms with van der Waals surface area (Å²) in [6, 6.07) is 9.71. The largest absolute Gasteiger partial charge is 0.325 e. The van der Waals surface area contributed by atoms with Gasteiger partial charge in [0.05, 0.1) is 10.0 Å². The van der Waals surface area contributed by atoms with Crippen molar-refractivity contribution in [3.8, 4) is 0 Å². The van der Waals surface area contributed by atoms with Crippen molar-refractivity contribution in [3.63, 3.8) is 0 Å². The molecule has 1 aliphatic rings.